The van der Waals surface area contributed by atoms with Crippen molar-refractivity contribution in [2.45, 2.75) is 12.3 Å². The standard InChI is InChI=1S/C14H8F6O/c15-8-2-3-9(12(17)6-8)13(21)7-1-4-11(16)10(5-7)14(18,19)20/h1-6,13,21H. The van der Waals surface area contributed by atoms with Crippen LogP contribution in [0.5, 0.6) is 0 Å². The van der Waals surface area contributed by atoms with Gasteiger partial charge in [0, 0.05) is 11.6 Å². The predicted molar refractivity (Wildman–Crippen MR) is 61.8 cm³/mol. The van der Waals surface area contributed by atoms with E-state index in [-0.39, 0.29) is 5.56 Å². The van der Waals surface area contributed by atoms with Crippen LogP contribution >= 0.6 is 0 Å². The van der Waals surface area contributed by atoms with Gasteiger partial charge in [0.1, 0.15) is 23.6 Å². The lowest BCUT2D eigenvalue weighted by molar-refractivity contribution is -0.140. The second-order valence-corrected chi connectivity index (χ2v) is 4.31. The minimum Gasteiger partial charge on any atom is -0.384 e. The second kappa shape index (κ2) is 5.40. The monoisotopic (exact) mass is 306 g/mol. The molecule has 112 valence electrons. The molecule has 0 spiro atoms. The van der Waals surface area contributed by atoms with Crippen LogP contribution in [-0.2, 0) is 6.18 Å². The van der Waals surface area contributed by atoms with Crippen LogP contribution < -0.4 is 0 Å². The number of hydrogen-bond acceptors (Lipinski definition) is 1. The molecule has 0 aromatic heterocycles. The summed E-state index contributed by atoms with van der Waals surface area (Å²) < 4.78 is 77.2. The molecular weight excluding hydrogens is 298 g/mol. The number of benzene rings is 2. The van der Waals surface area contributed by atoms with Gasteiger partial charge in [-0.1, -0.05) is 12.1 Å². The smallest absolute Gasteiger partial charge is 0.384 e. The Morgan fingerprint density at radius 1 is 0.857 bits per heavy atom. The van der Waals surface area contributed by atoms with Crippen molar-refractivity contribution < 1.29 is 31.4 Å². The Kier molecular flexibility index (Phi) is 3.95. The van der Waals surface area contributed by atoms with Gasteiger partial charge in [0.25, 0.3) is 0 Å². The summed E-state index contributed by atoms with van der Waals surface area (Å²) in [5.41, 5.74) is -2.33. The van der Waals surface area contributed by atoms with Gasteiger partial charge < -0.3 is 5.11 Å². The average molecular weight is 306 g/mol. The number of hydrogen-bond donors (Lipinski definition) is 1. The van der Waals surface area contributed by atoms with Gasteiger partial charge in [-0.3, -0.25) is 0 Å². The third-order valence-corrected chi connectivity index (χ3v) is 2.87. The van der Waals surface area contributed by atoms with Crippen molar-refractivity contribution in [3.05, 3.63) is 70.5 Å². The minimum atomic E-state index is -4.94. The van der Waals surface area contributed by atoms with Gasteiger partial charge in [-0.05, 0) is 23.8 Å². The van der Waals surface area contributed by atoms with E-state index in [0.29, 0.717) is 18.2 Å². The van der Waals surface area contributed by atoms with Gasteiger partial charge in [0.05, 0.1) is 5.56 Å². The van der Waals surface area contributed by atoms with E-state index in [0.717, 1.165) is 18.2 Å². The van der Waals surface area contributed by atoms with Crippen LogP contribution in [0.15, 0.2) is 36.4 Å². The Balaban J connectivity index is 2.46. The molecule has 0 bridgehead atoms. The van der Waals surface area contributed by atoms with Crippen molar-refractivity contribution in [2.75, 3.05) is 0 Å². The molecule has 0 aliphatic rings. The van der Waals surface area contributed by atoms with E-state index in [1.807, 2.05) is 0 Å². The zero-order chi connectivity index (χ0) is 15.8. The third kappa shape index (κ3) is 3.18. The third-order valence-electron chi connectivity index (χ3n) is 2.87. The SMILES string of the molecule is OC(c1ccc(F)c(C(F)(F)F)c1)c1ccc(F)cc1F. The number of aliphatic hydroxyl groups is 1. The van der Waals surface area contributed by atoms with E-state index < -0.39 is 40.9 Å². The summed E-state index contributed by atoms with van der Waals surface area (Å²) in [7, 11) is 0. The van der Waals surface area contributed by atoms with Crippen LogP contribution in [0, 0.1) is 17.5 Å². The molecule has 0 amide bonds. The predicted octanol–water partition coefficient (Wildman–Crippen LogP) is 4.20. The fraction of sp³-hybridized carbons (Fsp3) is 0.143. The minimum absolute atomic E-state index is 0.353. The molecule has 2 aromatic carbocycles. The number of aliphatic hydroxyl groups excluding tert-OH is 1. The second-order valence-electron chi connectivity index (χ2n) is 4.31. The topological polar surface area (TPSA) is 20.2 Å². The van der Waals surface area contributed by atoms with E-state index in [4.69, 9.17) is 0 Å². The molecular formula is C14H8F6O. The molecule has 2 aromatic rings. The van der Waals surface area contributed by atoms with Gasteiger partial charge in [0.2, 0.25) is 0 Å². The first-order chi connectivity index (χ1) is 9.70. The maximum Gasteiger partial charge on any atom is 0.419 e. The normalized spacial score (nSPS) is 13.3. The molecule has 1 N–H and O–H groups in total. The van der Waals surface area contributed by atoms with Gasteiger partial charge in [-0.25, -0.2) is 13.2 Å². The number of rotatable bonds is 2. The highest BCUT2D eigenvalue weighted by Gasteiger charge is 2.34. The lowest BCUT2D eigenvalue weighted by atomic mass is 9.99. The Hall–Kier alpha value is -2.02. The Morgan fingerprint density at radius 2 is 1.52 bits per heavy atom. The molecule has 1 nitrogen and oxygen atoms in total. The summed E-state index contributed by atoms with van der Waals surface area (Å²) in [6.07, 6.45) is -6.71. The molecule has 2 rings (SSSR count). The van der Waals surface area contributed by atoms with Crippen LogP contribution in [-0.4, -0.2) is 5.11 Å². The van der Waals surface area contributed by atoms with Crippen LogP contribution in [0.25, 0.3) is 0 Å². The van der Waals surface area contributed by atoms with Crippen LogP contribution in [0.3, 0.4) is 0 Å². The van der Waals surface area contributed by atoms with Gasteiger partial charge in [-0.2, -0.15) is 13.2 Å². The summed E-state index contributed by atoms with van der Waals surface area (Å²) in [5, 5.41) is 9.89. The average Bonchev–Trinajstić information content (AvgIpc) is 2.37. The first-order valence-corrected chi connectivity index (χ1v) is 5.70. The van der Waals surface area contributed by atoms with E-state index >= 15 is 0 Å². The number of halogens is 6. The molecule has 0 heterocycles. The van der Waals surface area contributed by atoms with Crippen LogP contribution in [0.4, 0.5) is 26.3 Å². The van der Waals surface area contributed by atoms with Crippen molar-refractivity contribution in [1.82, 2.24) is 0 Å². The fourth-order valence-electron chi connectivity index (χ4n) is 1.83. The molecule has 21 heavy (non-hydrogen) atoms. The Morgan fingerprint density at radius 3 is 2.10 bits per heavy atom. The molecule has 0 aliphatic carbocycles. The molecule has 0 saturated heterocycles. The molecule has 1 unspecified atom stereocenters. The van der Waals surface area contributed by atoms with Crippen LogP contribution in [0.1, 0.15) is 22.8 Å². The highest BCUT2D eigenvalue weighted by molar-refractivity contribution is 5.35. The van der Waals surface area contributed by atoms with Crippen molar-refractivity contribution in [3.8, 4) is 0 Å². The molecule has 7 heteroatoms. The van der Waals surface area contributed by atoms with E-state index in [1.165, 1.54) is 0 Å². The molecule has 0 radical (unpaired) electrons. The quantitative estimate of drug-likeness (QED) is 0.824. The lowest BCUT2D eigenvalue weighted by Gasteiger charge is -2.15. The van der Waals surface area contributed by atoms with E-state index in [1.54, 1.807) is 0 Å². The van der Waals surface area contributed by atoms with Crippen molar-refractivity contribution in [2.24, 2.45) is 0 Å². The van der Waals surface area contributed by atoms with Crippen LogP contribution in [0.2, 0.25) is 0 Å². The van der Waals surface area contributed by atoms with Gasteiger partial charge in [0.15, 0.2) is 0 Å². The highest BCUT2D eigenvalue weighted by Crippen LogP contribution is 2.34. The Labute approximate surface area is 115 Å². The maximum absolute atomic E-state index is 13.5. The van der Waals surface area contributed by atoms with Gasteiger partial charge >= 0.3 is 6.18 Å². The zero-order valence-electron chi connectivity index (χ0n) is 10.3. The largest absolute Gasteiger partial charge is 0.419 e. The summed E-state index contributed by atoms with van der Waals surface area (Å²) in [6, 6.07) is 4.08. The van der Waals surface area contributed by atoms with Gasteiger partial charge in [-0.15, -0.1) is 0 Å². The summed E-state index contributed by atoms with van der Waals surface area (Å²) >= 11 is 0. The first-order valence-electron chi connectivity index (χ1n) is 5.70. The zero-order valence-corrected chi connectivity index (χ0v) is 10.3. The molecule has 0 fully saturated rings. The number of alkyl halides is 3. The molecule has 0 saturated carbocycles. The van der Waals surface area contributed by atoms with Crippen molar-refractivity contribution >= 4 is 0 Å². The molecule has 1 atom stereocenters. The van der Waals surface area contributed by atoms with Crippen molar-refractivity contribution in [3.63, 3.8) is 0 Å². The lowest BCUT2D eigenvalue weighted by Crippen LogP contribution is -2.11. The Bertz CT molecular complexity index is 665. The summed E-state index contributed by atoms with van der Waals surface area (Å²) in [4.78, 5) is 0. The highest BCUT2D eigenvalue weighted by atomic mass is 19.4. The van der Waals surface area contributed by atoms with E-state index in [2.05, 4.69) is 0 Å². The maximum atomic E-state index is 13.5. The summed E-state index contributed by atoms with van der Waals surface area (Å²) in [5.74, 6) is -3.50. The summed E-state index contributed by atoms with van der Waals surface area (Å²) in [6.45, 7) is 0. The fourth-order valence-corrected chi connectivity index (χ4v) is 1.83. The first kappa shape index (κ1) is 15.4. The van der Waals surface area contributed by atoms with Crippen molar-refractivity contribution in [1.29, 1.82) is 0 Å². The molecule has 0 aliphatic heterocycles. The van der Waals surface area contributed by atoms with E-state index in [9.17, 15) is 31.4 Å².